The number of esters is 1. The van der Waals surface area contributed by atoms with Crippen molar-refractivity contribution in [3.05, 3.63) is 28.2 Å². The highest BCUT2D eigenvalue weighted by Crippen LogP contribution is 2.28. The van der Waals surface area contributed by atoms with Crippen LogP contribution in [0.25, 0.3) is 0 Å². The number of hydrogen-bond donors (Lipinski definition) is 0. The highest BCUT2D eigenvalue weighted by Gasteiger charge is 2.28. The summed E-state index contributed by atoms with van der Waals surface area (Å²) in [5, 5.41) is -0.583. The fourth-order valence-corrected chi connectivity index (χ4v) is 3.44. The Labute approximate surface area is 116 Å². The summed E-state index contributed by atoms with van der Waals surface area (Å²) < 4.78 is 28.9. The van der Waals surface area contributed by atoms with E-state index in [0.29, 0.717) is 0 Å². The van der Waals surface area contributed by atoms with E-state index in [1.807, 2.05) is 0 Å². The standard InChI is InChI=1S/C11H12Cl2O4S/c1-7(5-11(14)17-2)18(15,16)10-6-8(12)3-4-9(10)13/h3-4,6-7H,5H2,1-2H3. The molecule has 0 fully saturated rings. The maximum atomic E-state index is 12.2. The van der Waals surface area contributed by atoms with E-state index in [9.17, 15) is 13.2 Å². The highest BCUT2D eigenvalue weighted by atomic mass is 35.5. The van der Waals surface area contributed by atoms with Crippen LogP contribution in [0.2, 0.25) is 10.0 Å². The molecule has 1 aromatic carbocycles. The van der Waals surface area contributed by atoms with E-state index in [2.05, 4.69) is 4.74 Å². The number of carbonyl (C=O) groups excluding carboxylic acids is 1. The Morgan fingerprint density at radius 1 is 1.39 bits per heavy atom. The molecule has 1 aromatic rings. The number of benzene rings is 1. The van der Waals surface area contributed by atoms with Crippen molar-refractivity contribution < 1.29 is 17.9 Å². The molecular formula is C11H12Cl2O4S. The lowest BCUT2D eigenvalue weighted by Gasteiger charge is -2.13. The van der Waals surface area contributed by atoms with Gasteiger partial charge in [0.1, 0.15) is 0 Å². The summed E-state index contributed by atoms with van der Waals surface area (Å²) in [6.45, 7) is 1.42. The Hall–Kier alpha value is -0.780. The Kier molecular flexibility index (Phi) is 5.01. The van der Waals surface area contributed by atoms with Crippen LogP contribution in [0.4, 0.5) is 0 Å². The van der Waals surface area contributed by atoms with Gasteiger partial charge in [0.15, 0.2) is 9.84 Å². The molecule has 1 rings (SSSR count). The van der Waals surface area contributed by atoms with Crippen molar-refractivity contribution in [2.24, 2.45) is 0 Å². The first-order valence-corrected chi connectivity index (χ1v) is 7.35. The van der Waals surface area contributed by atoms with E-state index in [0.717, 1.165) is 0 Å². The van der Waals surface area contributed by atoms with Crippen LogP contribution in [-0.2, 0) is 19.4 Å². The highest BCUT2D eigenvalue weighted by molar-refractivity contribution is 7.92. The zero-order valence-corrected chi connectivity index (χ0v) is 12.1. The Balaban J connectivity index is 3.13. The van der Waals surface area contributed by atoms with Gasteiger partial charge in [0.25, 0.3) is 0 Å². The molecule has 0 aliphatic heterocycles. The molecule has 0 amide bonds. The van der Waals surface area contributed by atoms with Crippen molar-refractivity contribution in [2.75, 3.05) is 7.11 Å². The number of carbonyl (C=O) groups is 1. The minimum absolute atomic E-state index is 0.0759. The molecule has 100 valence electrons. The number of methoxy groups -OCH3 is 1. The van der Waals surface area contributed by atoms with Crippen LogP contribution in [0.3, 0.4) is 0 Å². The Bertz CT molecular complexity index is 554. The van der Waals surface area contributed by atoms with Crippen LogP contribution in [0.15, 0.2) is 23.1 Å². The summed E-state index contributed by atoms with van der Waals surface area (Å²) in [4.78, 5) is 11.0. The molecule has 0 spiro atoms. The van der Waals surface area contributed by atoms with E-state index in [1.54, 1.807) is 0 Å². The first-order chi connectivity index (χ1) is 8.28. The maximum absolute atomic E-state index is 12.2. The molecule has 0 heterocycles. The molecule has 0 saturated carbocycles. The van der Waals surface area contributed by atoms with Crippen LogP contribution >= 0.6 is 23.2 Å². The van der Waals surface area contributed by atoms with Gasteiger partial charge in [0.05, 0.1) is 28.7 Å². The van der Waals surface area contributed by atoms with Gasteiger partial charge >= 0.3 is 5.97 Å². The summed E-state index contributed by atoms with van der Waals surface area (Å²) in [5.41, 5.74) is 0. The fraction of sp³-hybridized carbons (Fsp3) is 0.364. The Morgan fingerprint density at radius 2 is 2.00 bits per heavy atom. The van der Waals surface area contributed by atoms with Crippen molar-refractivity contribution in [2.45, 2.75) is 23.5 Å². The average Bonchev–Trinajstić information content (AvgIpc) is 2.31. The summed E-state index contributed by atoms with van der Waals surface area (Å²) in [6.07, 6.45) is -0.234. The van der Waals surface area contributed by atoms with Crippen molar-refractivity contribution in [3.63, 3.8) is 0 Å². The van der Waals surface area contributed by atoms with Gasteiger partial charge in [-0.25, -0.2) is 8.42 Å². The smallest absolute Gasteiger partial charge is 0.306 e. The first kappa shape index (κ1) is 15.3. The molecule has 0 aromatic heterocycles. The number of hydrogen-bond acceptors (Lipinski definition) is 4. The summed E-state index contributed by atoms with van der Waals surface area (Å²) in [5.74, 6) is -0.593. The fourth-order valence-electron chi connectivity index (χ4n) is 1.34. The third kappa shape index (κ3) is 3.37. The summed E-state index contributed by atoms with van der Waals surface area (Å²) in [7, 11) is -2.51. The molecule has 0 bridgehead atoms. The van der Waals surface area contributed by atoms with E-state index in [4.69, 9.17) is 23.2 Å². The van der Waals surface area contributed by atoms with Gasteiger partial charge in [-0.15, -0.1) is 0 Å². The molecule has 4 nitrogen and oxygen atoms in total. The summed E-state index contributed by atoms with van der Waals surface area (Å²) >= 11 is 11.6. The van der Waals surface area contributed by atoms with Gasteiger partial charge < -0.3 is 4.74 Å². The molecule has 18 heavy (non-hydrogen) atoms. The summed E-state index contributed by atoms with van der Waals surface area (Å²) in [6, 6.07) is 4.17. The van der Waals surface area contributed by atoms with Crippen LogP contribution in [0, 0.1) is 0 Å². The predicted octanol–water partition coefficient (Wildman–Crippen LogP) is 2.72. The molecule has 1 atom stereocenters. The van der Waals surface area contributed by atoms with Crippen LogP contribution in [0.1, 0.15) is 13.3 Å². The van der Waals surface area contributed by atoms with Gasteiger partial charge in [0, 0.05) is 5.02 Å². The van der Waals surface area contributed by atoms with Gasteiger partial charge in [-0.1, -0.05) is 23.2 Å². The second-order valence-electron chi connectivity index (χ2n) is 3.71. The average molecular weight is 311 g/mol. The van der Waals surface area contributed by atoms with Crippen molar-refractivity contribution in [3.8, 4) is 0 Å². The van der Waals surface area contributed by atoms with Gasteiger partial charge in [-0.05, 0) is 25.1 Å². The minimum atomic E-state index is -3.71. The topological polar surface area (TPSA) is 60.4 Å². The lowest BCUT2D eigenvalue weighted by Crippen LogP contribution is -2.22. The molecule has 0 saturated heterocycles. The quantitative estimate of drug-likeness (QED) is 0.802. The second-order valence-corrected chi connectivity index (χ2v) is 6.89. The van der Waals surface area contributed by atoms with E-state index in [1.165, 1.54) is 32.2 Å². The lowest BCUT2D eigenvalue weighted by molar-refractivity contribution is -0.140. The van der Waals surface area contributed by atoms with Crippen molar-refractivity contribution in [1.29, 1.82) is 0 Å². The molecule has 0 radical (unpaired) electrons. The zero-order valence-electron chi connectivity index (χ0n) is 9.81. The normalized spacial score (nSPS) is 13.1. The molecule has 7 heteroatoms. The number of rotatable bonds is 4. The molecule has 0 aliphatic rings. The van der Waals surface area contributed by atoms with Crippen molar-refractivity contribution >= 4 is 39.0 Å². The van der Waals surface area contributed by atoms with Gasteiger partial charge in [0.2, 0.25) is 0 Å². The van der Waals surface area contributed by atoms with Crippen LogP contribution in [0.5, 0.6) is 0 Å². The maximum Gasteiger partial charge on any atom is 0.306 e. The molecular weight excluding hydrogens is 299 g/mol. The van der Waals surface area contributed by atoms with Crippen LogP contribution in [-0.4, -0.2) is 26.7 Å². The Morgan fingerprint density at radius 3 is 2.56 bits per heavy atom. The number of halogens is 2. The second kappa shape index (κ2) is 5.91. The van der Waals surface area contributed by atoms with E-state index < -0.39 is 21.1 Å². The molecule has 0 aliphatic carbocycles. The molecule has 1 unspecified atom stereocenters. The lowest BCUT2D eigenvalue weighted by atomic mass is 10.3. The number of ether oxygens (including phenoxy) is 1. The predicted molar refractivity (Wildman–Crippen MR) is 69.7 cm³/mol. The van der Waals surface area contributed by atoms with Crippen molar-refractivity contribution in [1.82, 2.24) is 0 Å². The third-order valence-electron chi connectivity index (χ3n) is 2.41. The zero-order chi connectivity index (χ0) is 13.9. The van der Waals surface area contributed by atoms with Gasteiger partial charge in [-0.3, -0.25) is 4.79 Å². The third-order valence-corrected chi connectivity index (χ3v) is 5.26. The van der Waals surface area contributed by atoms with E-state index in [-0.39, 0.29) is 21.4 Å². The van der Waals surface area contributed by atoms with E-state index >= 15 is 0 Å². The number of sulfone groups is 1. The SMILES string of the molecule is COC(=O)CC(C)S(=O)(=O)c1cc(Cl)ccc1Cl. The molecule has 0 N–H and O–H groups in total. The first-order valence-electron chi connectivity index (χ1n) is 5.04. The minimum Gasteiger partial charge on any atom is -0.469 e. The largest absolute Gasteiger partial charge is 0.469 e. The van der Waals surface area contributed by atoms with Crippen LogP contribution < -0.4 is 0 Å². The van der Waals surface area contributed by atoms with Gasteiger partial charge in [-0.2, -0.15) is 0 Å². The monoisotopic (exact) mass is 310 g/mol.